The fourth-order valence-corrected chi connectivity index (χ4v) is 5.72. The van der Waals surface area contributed by atoms with Crippen molar-refractivity contribution >= 4 is 5.91 Å². The number of fused-ring (bicyclic) bond motifs is 3. The first-order chi connectivity index (χ1) is 15.0. The number of nitrogens with zero attached hydrogens (tertiary/aromatic N) is 5. The quantitative estimate of drug-likeness (QED) is 0.760. The maximum atomic E-state index is 13.4. The van der Waals surface area contributed by atoms with Crippen LogP contribution in [0, 0.1) is 12.8 Å². The molecule has 7 nitrogen and oxygen atoms in total. The van der Waals surface area contributed by atoms with Crippen molar-refractivity contribution in [3.05, 3.63) is 57.0 Å². The van der Waals surface area contributed by atoms with Gasteiger partial charge in [-0.2, -0.15) is 0 Å². The number of hydrogen-bond acceptors (Lipinski definition) is 5. The summed E-state index contributed by atoms with van der Waals surface area (Å²) in [5.41, 5.74) is 3.15. The molecular formula is C24H29N5O2. The summed E-state index contributed by atoms with van der Waals surface area (Å²) in [7, 11) is 0. The summed E-state index contributed by atoms with van der Waals surface area (Å²) < 4.78 is 1.92. The molecule has 1 atom stereocenters. The van der Waals surface area contributed by atoms with Gasteiger partial charge in [0.1, 0.15) is 11.5 Å². The lowest BCUT2D eigenvalue weighted by Gasteiger charge is -2.29. The molecule has 1 unspecified atom stereocenters. The van der Waals surface area contributed by atoms with Gasteiger partial charge in [0.2, 0.25) is 0 Å². The lowest BCUT2D eigenvalue weighted by Crippen LogP contribution is -2.42. The first kappa shape index (κ1) is 19.2. The summed E-state index contributed by atoms with van der Waals surface area (Å²) in [6.45, 7) is 6.98. The van der Waals surface area contributed by atoms with Gasteiger partial charge in [0.05, 0.1) is 17.8 Å². The monoisotopic (exact) mass is 419 g/mol. The van der Waals surface area contributed by atoms with E-state index < -0.39 is 0 Å². The predicted octanol–water partition coefficient (Wildman–Crippen LogP) is 1.90. The first-order valence-corrected chi connectivity index (χ1v) is 11.6. The third-order valence-corrected chi connectivity index (χ3v) is 7.67. The molecule has 0 aromatic carbocycles. The second kappa shape index (κ2) is 6.99. The Hall–Kier alpha value is -2.54. The maximum absolute atomic E-state index is 13.4. The van der Waals surface area contributed by atoms with Gasteiger partial charge in [0.25, 0.3) is 11.5 Å². The summed E-state index contributed by atoms with van der Waals surface area (Å²) >= 11 is 0. The molecule has 7 heteroatoms. The number of carbonyl (C=O) groups is 1. The standard InChI is InChI=1S/C24H29N5O2/c1-16-4-8-25-20(12-16)22(31)28-9-5-19-18(14-28)21(30)29-11-7-24(23(29)26-19)6-10-27(15-24)13-17-2-3-17/h4,8,12,17H,2-3,5-7,9-11,13-15H2,1H3. The highest BCUT2D eigenvalue weighted by atomic mass is 16.2. The van der Waals surface area contributed by atoms with Crippen molar-refractivity contribution in [2.24, 2.45) is 5.92 Å². The predicted molar refractivity (Wildman–Crippen MR) is 116 cm³/mol. The molecule has 1 amide bonds. The number of likely N-dealkylation sites (tertiary alicyclic amines) is 1. The van der Waals surface area contributed by atoms with E-state index in [9.17, 15) is 9.59 Å². The zero-order valence-electron chi connectivity index (χ0n) is 18.1. The second-order valence-electron chi connectivity index (χ2n) is 9.97. The molecule has 6 rings (SSSR count). The van der Waals surface area contributed by atoms with Gasteiger partial charge in [0, 0.05) is 44.2 Å². The van der Waals surface area contributed by atoms with Crippen LogP contribution < -0.4 is 5.56 Å². The highest BCUT2D eigenvalue weighted by Gasteiger charge is 2.47. The molecule has 5 heterocycles. The van der Waals surface area contributed by atoms with Crippen molar-refractivity contribution in [2.75, 3.05) is 26.2 Å². The zero-order valence-corrected chi connectivity index (χ0v) is 18.1. The molecule has 31 heavy (non-hydrogen) atoms. The third-order valence-electron chi connectivity index (χ3n) is 7.67. The van der Waals surface area contributed by atoms with E-state index in [2.05, 4.69) is 9.88 Å². The normalized spacial score (nSPS) is 25.1. The molecule has 2 aromatic rings. The lowest BCUT2D eigenvalue weighted by molar-refractivity contribution is 0.0726. The number of rotatable bonds is 3. The van der Waals surface area contributed by atoms with E-state index in [1.165, 1.54) is 19.4 Å². The number of hydrogen-bond donors (Lipinski definition) is 0. The smallest absolute Gasteiger partial charge is 0.272 e. The van der Waals surface area contributed by atoms with Gasteiger partial charge in [0.15, 0.2) is 0 Å². The average Bonchev–Trinajstić information content (AvgIpc) is 3.39. The summed E-state index contributed by atoms with van der Waals surface area (Å²) in [6.07, 6.45) is 7.16. The number of aryl methyl sites for hydroxylation is 1. The molecule has 162 valence electrons. The van der Waals surface area contributed by atoms with Crippen molar-refractivity contribution in [3.8, 4) is 0 Å². The fourth-order valence-electron chi connectivity index (χ4n) is 5.72. The van der Waals surface area contributed by atoms with Crippen LogP contribution in [0.5, 0.6) is 0 Å². The van der Waals surface area contributed by atoms with Crippen molar-refractivity contribution in [2.45, 2.75) is 57.5 Å². The van der Waals surface area contributed by atoms with Crippen molar-refractivity contribution in [1.29, 1.82) is 0 Å². The van der Waals surface area contributed by atoms with Gasteiger partial charge in [-0.15, -0.1) is 0 Å². The Morgan fingerprint density at radius 2 is 2.06 bits per heavy atom. The van der Waals surface area contributed by atoms with Crippen LogP contribution in [0.15, 0.2) is 23.1 Å². The van der Waals surface area contributed by atoms with Crippen molar-refractivity contribution in [1.82, 2.24) is 24.3 Å². The highest BCUT2D eigenvalue weighted by Crippen LogP contribution is 2.42. The molecule has 2 fully saturated rings. The average molecular weight is 420 g/mol. The van der Waals surface area contributed by atoms with Crippen LogP contribution >= 0.6 is 0 Å². The Kier molecular flexibility index (Phi) is 4.32. The van der Waals surface area contributed by atoms with Crippen molar-refractivity contribution in [3.63, 3.8) is 0 Å². The molecule has 1 saturated heterocycles. The van der Waals surface area contributed by atoms with Crippen LogP contribution in [-0.4, -0.2) is 56.4 Å². The van der Waals surface area contributed by atoms with E-state index in [1.807, 2.05) is 23.6 Å². The van der Waals surface area contributed by atoms with E-state index in [1.54, 1.807) is 11.1 Å². The maximum Gasteiger partial charge on any atom is 0.272 e. The molecule has 0 N–H and O–H groups in total. The van der Waals surface area contributed by atoms with Gasteiger partial charge in [-0.3, -0.25) is 19.1 Å². The second-order valence-corrected chi connectivity index (χ2v) is 9.97. The molecular weight excluding hydrogens is 390 g/mol. The first-order valence-electron chi connectivity index (χ1n) is 11.6. The molecule has 1 saturated carbocycles. The molecule has 1 spiro atoms. The molecule has 3 aliphatic heterocycles. The SMILES string of the molecule is Cc1ccnc(C(=O)N2CCc3nc4n(c(=O)c3C2)CCC42CCN(CC3CC3)C2)c1. The summed E-state index contributed by atoms with van der Waals surface area (Å²) in [5, 5.41) is 0. The van der Waals surface area contributed by atoms with Gasteiger partial charge in [-0.25, -0.2) is 4.98 Å². The van der Waals surface area contributed by atoms with Crippen LogP contribution in [0.3, 0.4) is 0 Å². The number of carbonyl (C=O) groups excluding carboxylic acids is 1. The number of pyridine rings is 1. The van der Waals surface area contributed by atoms with Gasteiger partial charge >= 0.3 is 0 Å². The van der Waals surface area contributed by atoms with Gasteiger partial charge < -0.3 is 9.80 Å². The van der Waals surface area contributed by atoms with Crippen LogP contribution in [-0.2, 0) is 24.9 Å². The van der Waals surface area contributed by atoms with Crippen LogP contribution in [0.2, 0.25) is 0 Å². The van der Waals surface area contributed by atoms with Crippen LogP contribution in [0.4, 0.5) is 0 Å². The third kappa shape index (κ3) is 3.21. The highest BCUT2D eigenvalue weighted by molar-refractivity contribution is 5.92. The van der Waals surface area contributed by atoms with Crippen LogP contribution in [0.1, 0.15) is 58.8 Å². The number of aromatic nitrogens is 3. The topological polar surface area (TPSA) is 71.3 Å². The fraction of sp³-hybridized carbons (Fsp3) is 0.583. The largest absolute Gasteiger partial charge is 0.332 e. The summed E-state index contributed by atoms with van der Waals surface area (Å²) in [4.78, 5) is 40.1. The number of amides is 1. The molecule has 2 aromatic heterocycles. The Morgan fingerprint density at radius 3 is 2.87 bits per heavy atom. The molecule has 1 aliphatic carbocycles. The Labute approximate surface area is 182 Å². The van der Waals surface area contributed by atoms with Crippen molar-refractivity contribution < 1.29 is 4.79 Å². The minimum absolute atomic E-state index is 0.0432. The minimum Gasteiger partial charge on any atom is -0.332 e. The van der Waals surface area contributed by atoms with E-state index in [-0.39, 0.29) is 16.9 Å². The minimum atomic E-state index is -0.109. The van der Waals surface area contributed by atoms with Gasteiger partial charge in [-0.1, -0.05) is 0 Å². The van der Waals surface area contributed by atoms with E-state index >= 15 is 0 Å². The van der Waals surface area contributed by atoms with Crippen LogP contribution in [0.25, 0.3) is 0 Å². The van der Waals surface area contributed by atoms with E-state index in [4.69, 9.17) is 4.98 Å². The summed E-state index contributed by atoms with van der Waals surface area (Å²) in [5.74, 6) is 1.79. The van der Waals surface area contributed by atoms with Gasteiger partial charge in [-0.05, 0) is 62.8 Å². The molecule has 0 bridgehead atoms. The Bertz CT molecular complexity index is 1120. The Morgan fingerprint density at radius 1 is 1.23 bits per heavy atom. The molecule has 4 aliphatic rings. The lowest BCUT2D eigenvalue weighted by atomic mass is 9.85. The van der Waals surface area contributed by atoms with E-state index in [0.29, 0.717) is 30.8 Å². The van der Waals surface area contributed by atoms with E-state index in [0.717, 1.165) is 55.5 Å². The summed E-state index contributed by atoms with van der Waals surface area (Å²) in [6, 6.07) is 3.69. The molecule has 0 radical (unpaired) electrons. The zero-order chi connectivity index (χ0) is 21.2. The Balaban J connectivity index is 1.28.